The molecule has 2 aliphatic heterocycles. The molecular formula is C28H32ClN5S. The lowest BCUT2D eigenvalue weighted by Crippen LogP contribution is -2.51. The maximum Gasteiger partial charge on any atom is 0.225 e. The number of benzene rings is 2. The molecule has 0 amide bonds. The van der Waals surface area contributed by atoms with Crippen LogP contribution in [0.2, 0.25) is 5.02 Å². The third-order valence-electron chi connectivity index (χ3n) is 7.78. The summed E-state index contributed by atoms with van der Waals surface area (Å²) in [6.45, 7) is 10.4. The van der Waals surface area contributed by atoms with Crippen molar-refractivity contribution < 1.29 is 0 Å². The molecule has 0 N–H and O–H groups in total. The number of hydrogen-bond acceptors (Lipinski definition) is 5. The molecule has 3 heterocycles. The Kier molecular flexibility index (Phi) is 6.22. The predicted molar refractivity (Wildman–Crippen MR) is 149 cm³/mol. The molecule has 2 aromatic carbocycles. The van der Waals surface area contributed by atoms with Gasteiger partial charge >= 0.3 is 0 Å². The SMILES string of the molecule is CN1c2ccc(C(=S)N3CCN(c4ncccn4)CC3)cc2C(C)(c2ccc(Cl)cc2)CC1(C)C. The second-order valence-corrected chi connectivity index (χ2v) is 11.3. The number of fused-ring (bicyclic) bond motifs is 1. The molecule has 1 aromatic heterocycles. The van der Waals surface area contributed by atoms with Gasteiger partial charge in [0.15, 0.2) is 0 Å². The van der Waals surface area contributed by atoms with Gasteiger partial charge in [-0.2, -0.15) is 0 Å². The number of aromatic nitrogens is 2. The Bertz CT molecular complexity index is 1220. The summed E-state index contributed by atoms with van der Waals surface area (Å²) < 4.78 is 0. The van der Waals surface area contributed by atoms with Crippen LogP contribution in [0.3, 0.4) is 0 Å². The van der Waals surface area contributed by atoms with E-state index in [0.717, 1.165) is 54.1 Å². The number of hydrogen-bond donors (Lipinski definition) is 0. The monoisotopic (exact) mass is 505 g/mol. The molecule has 1 fully saturated rings. The maximum atomic E-state index is 6.24. The maximum absolute atomic E-state index is 6.24. The highest BCUT2D eigenvalue weighted by Gasteiger charge is 2.44. The second-order valence-electron chi connectivity index (χ2n) is 10.4. The smallest absolute Gasteiger partial charge is 0.225 e. The quantitative estimate of drug-likeness (QED) is 0.434. The van der Waals surface area contributed by atoms with Crippen molar-refractivity contribution in [3.8, 4) is 0 Å². The topological polar surface area (TPSA) is 35.5 Å². The lowest BCUT2D eigenvalue weighted by molar-refractivity contribution is 0.335. The highest BCUT2D eigenvalue weighted by molar-refractivity contribution is 7.80. The first-order valence-corrected chi connectivity index (χ1v) is 12.9. The van der Waals surface area contributed by atoms with Gasteiger partial charge in [-0.05, 0) is 67.8 Å². The number of piperazine rings is 1. The van der Waals surface area contributed by atoms with Crippen LogP contribution >= 0.6 is 23.8 Å². The molecule has 3 aromatic rings. The molecule has 0 bridgehead atoms. The van der Waals surface area contributed by atoms with Gasteiger partial charge < -0.3 is 14.7 Å². The van der Waals surface area contributed by atoms with Gasteiger partial charge in [-0.25, -0.2) is 9.97 Å². The number of thiocarbonyl (C=S) groups is 1. The third kappa shape index (κ3) is 4.38. The molecule has 0 saturated carbocycles. The van der Waals surface area contributed by atoms with E-state index in [-0.39, 0.29) is 11.0 Å². The van der Waals surface area contributed by atoms with Crippen LogP contribution in [0.5, 0.6) is 0 Å². The minimum atomic E-state index is -0.148. The Hall–Kier alpha value is -2.70. The Morgan fingerprint density at radius 3 is 2.26 bits per heavy atom. The Morgan fingerprint density at radius 1 is 0.943 bits per heavy atom. The summed E-state index contributed by atoms with van der Waals surface area (Å²) in [5.41, 5.74) is 4.83. The Labute approximate surface area is 218 Å². The van der Waals surface area contributed by atoms with Crippen LogP contribution < -0.4 is 9.80 Å². The molecular weight excluding hydrogens is 474 g/mol. The summed E-state index contributed by atoms with van der Waals surface area (Å²) in [6, 6.07) is 16.9. The summed E-state index contributed by atoms with van der Waals surface area (Å²) in [7, 11) is 2.20. The number of anilines is 2. The van der Waals surface area contributed by atoms with E-state index >= 15 is 0 Å². The lowest BCUT2D eigenvalue weighted by Gasteiger charge is -2.51. The van der Waals surface area contributed by atoms with Crippen LogP contribution in [0.25, 0.3) is 0 Å². The first kappa shape index (κ1) is 24.0. The van der Waals surface area contributed by atoms with Crippen molar-refractivity contribution in [1.82, 2.24) is 14.9 Å². The van der Waals surface area contributed by atoms with Gasteiger partial charge in [0.25, 0.3) is 0 Å². The van der Waals surface area contributed by atoms with Crippen molar-refractivity contribution in [2.75, 3.05) is 43.0 Å². The zero-order valence-corrected chi connectivity index (χ0v) is 22.4. The first-order chi connectivity index (χ1) is 16.7. The van der Waals surface area contributed by atoms with Crippen molar-refractivity contribution in [3.05, 3.63) is 82.6 Å². The van der Waals surface area contributed by atoms with Gasteiger partial charge in [0.05, 0.1) is 0 Å². The van der Waals surface area contributed by atoms with E-state index in [2.05, 4.69) is 82.8 Å². The average Bonchev–Trinajstić information content (AvgIpc) is 2.87. The fraction of sp³-hybridized carbons (Fsp3) is 0.393. The zero-order valence-electron chi connectivity index (χ0n) is 20.8. The van der Waals surface area contributed by atoms with Gasteiger partial charge in [-0.3, -0.25) is 0 Å². The number of halogens is 1. The molecule has 5 rings (SSSR count). The number of nitrogens with zero attached hydrogens (tertiary/aromatic N) is 5. The van der Waals surface area contributed by atoms with E-state index in [4.69, 9.17) is 23.8 Å². The molecule has 0 spiro atoms. The largest absolute Gasteiger partial charge is 0.369 e. The fourth-order valence-corrected chi connectivity index (χ4v) is 6.07. The van der Waals surface area contributed by atoms with E-state index in [9.17, 15) is 0 Å². The summed E-state index contributed by atoms with van der Waals surface area (Å²) in [5.74, 6) is 0.788. The van der Waals surface area contributed by atoms with Gasteiger partial charge in [0.1, 0.15) is 4.99 Å². The molecule has 2 aliphatic rings. The summed E-state index contributed by atoms with van der Waals surface area (Å²) in [6.07, 6.45) is 4.59. The predicted octanol–water partition coefficient (Wildman–Crippen LogP) is 5.55. The summed E-state index contributed by atoms with van der Waals surface area (Å²) in [4.78, 5) is 16.6. The molecule has 1 saturated heterocycles. The zero-order chi connectivity index (χ0) is 24.8. The van der Waals surface area contributed by atoms with Crippen LogP contribution in [-0.4, -0.2) is 58.6 Å². The molecule has 35 heavy (non-hydrogen) atoms. The van der Waals surface area contributed by atoms with Gasteiger partial charge in [-0.15, -0.1) is 0 Å². The molecule has 1 atom stereocenters. The van der Waals surface area contributed by atoms with E-state index in [1.807, 2.05) is 18.2 Å². The minimum Gasteiger partial charge on any atom is -0.369 e. The van der Waals surface area contributed by atoms with Gasteiger partial charge in [-0.1, -0.05) is 42.9 Å². The van der Waals surface area contributed by atoms with Crippen LogP contribution in [0.15, 0.2) is 60.9 Å². The minimum absolute atomic E-state index is 0.0131. The normalized spacial score (nSPS) is 21.6. The fourth-order valence-electron chi connectivity index (χ4n) is 5.63. The molecule has 0 aliphatic carbocycles. The van der Waals surface area contributed by atoms with Crippen LogP contribution in [-0.2, 0) is 5.41 Å². The van der Waals surface area contributed by atoms with E-state index in [1.54, 1.807) is 12.4 Å². The van der Waals surface area contributed by atoms with Gasteiger partial charge in [0.2, 0.25) is 5.95 Å². The summed E-state index contributed by atoms with van der Waals surface area (Å²) in [5, 5.41) is 0.764. The number of rotatable bonds is 3. The highest BCUT2D eigenvalue weighted by Crippen LogP contribution is 2.50. The van der Waals surface area contributed by atoms with Crippen LogP contribution in [0, 0.1) is 0 Å². The molecule has 1 unspecified atom stereocenters. The third-order valence-corrected chi connectivity index (χ3v) is 8.52. The van der Waals surface area contributed by atoms with Crippen molar-refractivity contribution in [2.24, 2.45) is 0 Å². The van der Waals surface area contributed by atoms with Crippen LogP contribution in [0.4, 0.5) is 11.6 Å². The Morgan fingerprint density at radius 2 is 1.60 bits per heavy atom. The van der Waals surface area contributed by atoms with Gasteiger partial charge in [0, 0.05) is 72.8 Å². The molecule has 182 valence electrons. The van der Waals surface area contributed by atoms with Crippen molar-refractivity contribution >= 4 is 40.4 Å². The highest BCUT2D eigenvalue weighted by atomic mass is 35.5. The standard InChI is InChI=1S/C28H32ClN5S/c1-27(2)19-28(3,21-7-9-22(29)10-8-21)23-18-20(6-11-24(23)32(27)4)25(35)33-14-16-34(17-15-33)26-30-12-5-13-31-26/h5-13,18H,14-17,19H2,1-4H3. The van der Waals surface area contributed by atoms with E-state index < -0.39 is 0 Å². The molecule has 5 nitrogen and oxygen atoms in total. The molecule has 7 heteroatoms. The summed E-state index contributed by atoms with van der Waals surface area (Å²) >= 11 is 12.3. The van der Waals surface area contributed by atoms with Crippen molar-refractivity contribution in [2.45, 2.75) is 38.1 Å². The Balaban J connectivity index is 1.45. The van der Waals surface area contributed by atoms with E-state index in [0.29, 0.717) is 0 Å². The lowest BCUT2D eigenvalue weighted by atomic mass is 9.65. The van der Waals surface area contributed by atoms with Crippen molar-refractivity contribution in [3.63, 3.8) is 0 Å². The van der Waals surface area contributed by atoms with E-state index in [1.165, 1.54) is 16.8 Å². The second kappa shape index (κ2) is 9.07. The average molecular weight is 506 g/mol. The molecule has 0 radical (unpaired) electrons. The first-order valence-electron chi connectivity index (χ1n) is 12.1. The van der Waals surface area contributed by atoms with Crippen molar-refractivity contribution in [1.29, 1.82) is 0 Å². The van der Waals surface area contributed by atoms with Crippen LogP contribution in [0.1, 0.15) is 43.9 Å².